The Bertz CT molecular complexity index is 725. The summed E-state index contributed by atoms with van der Waals surface area (Å²) in [5.74, 6) is -0.210. The number of rotatable bonds is 6. The summed E-state index contributed by atoms with van der Waals surface area (Å²) in [6.45, 7) is 2.13. The summed E-state index contributed by atoms with van der Waals surface area (Å²) in [4.78, 5) is 12.0. The van der Waals surface area contributed by atoms with Crippen LogP contribution >= 0.6 is 47.8 Å². The van der Waals surface area contributed by atoms with Crippen molar-refractivity contribution in [3.63, 3.8) is 0 Å². The van der Waals surface area contributed by atoms with Crippen LogP contribution in [0.2, 0.25) is 0 Å². The van der Waals surface area contributed by atoms with Gasteiger partial charge in [-0.1, -0.05) is 53.2 Å². The van der Waals surface area contributed by atoms with Crippen LogP contribution in [0.4, 0.5) is 5.69 Å². The van der Waals surface area contributed by atoms with E-state index in [1.54, 1.807) is 0 Å². The maximum Gasteiger partial charge on any atom is 0.259 e. The lowest BCUT2D eigenvalue weighted by atomic mass is 10.1. The standard InChI is InChI=1S/C17H16Br3N3O/c1-2-15(11-6-4-3-5-7-11)22-23-16(24)10-21-17-13(19)8-12(18)9-14(17)20/h3-9,21H,2,10H2,1H3,(H,23,24)/b22-15+. The molecule has 0 spiro atoms. The number of halogens is 3. The molecule has 0 aromatic heterocycles. The summed E-state index contributed by atoms with van der Waals surface area (Å²) in [6, 6.07) is 13.6. The number of carbonyl (C=O) groups excluding carboxylic acids is 1. The number of benzene rings is 2. The first-order chi connectivity index (χ1) is 11.5. The second-order valence-corrected chi connectivity index (χ2v) is 7.54. The molecule has 0 saturated heterocycles. The molecule has 0 bridgehead atoms. The minimum atomic E-state index is -0.210. The van der Waals surface area contributed by atoms with Crippen LogP contribution in [0.25, 0.3) is 0 Å². The first-order valence-electron chi connectivity index (χ1n) is 7.30. The second kappa shape index (κ2) is 9.34. The van der Waals surface area contributed by atoms with E-state index in [9.17, 15) is 4.79 Å². The molecule has 2 aromatic rings. The van der Waals surface area contributed by atoms with Crippen molar-refractivity contribution in [2.45, 2.75) is 13.3 Å². The zero-order chi connectivity index (χ0) is 17.5. The molecule has 1 amide bonds. The molecule has 0 fully saturated rings. The molecule has 2 aromatic carbocycles. The Labute approximate surface area is 166 Å². The average Bonchev–Trinajstić information content (AvgIpc) is 2.55. The second-order valence-electron chi connectivity index (χ2n) is 4.91. The van der Waals surface area contributed by atoms with Gasteiger partial charge in [-0.3, -0.25) is 4.79 Å². The summed E-state index contributed by atoms with van der Waals surface area (Å²) in [7, 11) is 0. The molecule has 0 radical (unpaired) electrons. The Morgan fingerprint density at radius 3 is 2.29 bits per heavy atom. The minimum Gasteiger partial charge on any atom is -0.374 e. The zero-order valence-electron chi connectivity index (χ0n) is 12.9. The van der Waals surface area contributed by atoms with Gasteiger partial charge in [0.25, 0.3) is 5.91 Å². The molecular weight excluding hydrogens is 502 g/mol. The van der Waals surface area contributed by atoms with Gasteiger partial charge in [-0.25, -0.2) is 5.43 Å². The third-order valence-corrected chi connectivity index (χ3v) is 4.90. The molecule has 0 atom stereocenters. The van der Waals surface area contributed by atoms with Crippen LogP contribution in [-0.4, -0.2) is 18.2 Å². The molecule has 0 aliphatic heterocycles. The number of hydrogen-bond donors (Lipinski definition) is 2. The molecule has 0 saturated carbocycles. The summed E-state index contributed by atoms with van der Waals surface area (Å²) in [5, 5.41) is 7.32. The van der Waals surface area contributed by atoms with Crippen molar-refractivity contribution in [1.82, 2.24) is 5.43 Å². The molecule has 24 heavy (non-hydrogen) atoms. The van der Waals surface area contributed by atoms with Gasteiger partial charge in [0.2, 0.25) is 0 Å². The van der Waals surface area contributed by atoms with E-state index in [1.807, 2.05) is 49.4 Å². The molecule has 0 unspecified atom stereocenters. The van der Waals surface area contributed by atoms with Crippen LogP contribution in [0.3, 0.4) is 0 Å². The van der Waals surface area contributed by atoms with E-state index in [4.69, 9.17) is 0 Å². The van der Waals surface area contributed by atoms with Crippen molar-refractivity contribution in [2.24, 2.45) is 5.10 Å². The molecule has 2 rings (SSSR count). The Kier molecular flexibility index (Phi) is 7.45. The first-order valence-corrected chi connectivity index (χ1v) is 9.68. The summed E-state index contributed by atoms with van der Waals surface area (Å²) in [6.07, 6.45) is 0.738. The summed E-state index contributed by atoms with van der Waals surface area (Å²) < 4.78 is 2.66. The topological polar surface area (TPSA) is 53.5 Å². The van der Waals surface area contributed by atoms with E-state index in [-0.39, 0.29) is 12.5 Å². The van der Waals surface area contributed by atoms with Crippen LogP contribution in [0.5, 0.6) is 0 Å². The molecule has 0 aliphatic rings. The average molecular weight is 518 g/mol. The largest absolute Gasteiger partial charge is 0.374 e. The summed E-state index contributed by atoms with van der Waals surface area (Å²) >= 11 is 10.4. The van der Waals surface area contributed by atoms with Crippen LogP contribution in [0, 0.1) is 0 Å². The Balaban J connectivity index is 1.97. The van der Waals surface area contributed by atoms with Crippen molar-refractivity contribution in [3.8, 4) is 0 Å². The molecule has 126 valence electrons. The predicted octanol–water partition coefficient (Wildman–Crippen LogP) is 5.32. The van der Waals surface area contributed by atoms with Crippen molar-refractivity contribution in [1.29, 1.82) is 0 Å². The fraction of sp³-hybridized carbons (Fsp3) is 0.176. The number of carbonyl (C=O) groups is 1. The van der Waals surface area contributed by atoms with Gasteiger partial charge in [0.05, 0.1) is 17.9 Å². The summed E-state index contributed by atoms with van der Waals surface area (Å²) in [5.41, 5.74) is 5.26. The Morgan fingerprint density at radius 2 is 1.71 bits per heavy atom. The van der Waals surface area contributed by atoms with E-state index >= 15 is 0 Å². The van der Waals surface area contributed by atoms with Gasteiger partial charge in [-0.15, -0.1) is 0 Å². The number of amides is 1. The van der Waals surface area contributed by atoms with Crippen molar-refractivity contribution < 1.29 is 4.79 Å². The van der Waals surface area contributed by atoms with E-state index in [2.05, 4.69) is 63.6 Å². The molecule has 2 N–H and O–H groups in total. The molecule has 0 heterocycles. The third kappa shape index (κ3) is 5.43. The lowest BCUT2D eigenvalue weighted by molar-refractivity contribution is -0.119. The fourth-order valence-electron chi connectivity index (χ4n) is 2.03. The highest BCUT2D eigenvalue weighted by atomic mass is 79.9. The quantitative estimate of drug-likeness (QED) is 0.403. The Hall–Kier alpha value is -1.18. The molecule has 0 aliphatic carbocycles. The van der Waals surface area contributed by atoms with Crippen molar-refractivity contribution in [2.75, 3.05) is 11.9 Å². The third-order valence-electron chi connectivity index (χ3n) is 3.19. The van der Waals surface area contributed by atoms with E-state index in [1.165, 1.54) is 0 Å². The van der Waals surface area contributed by atoms with E-state index < -0.39 is 0 Å². The highest BCUT2D eigenvalue weighted by Crippen LogP contribution is 2.34. The monoisotopic (exact) mass is 515 g/mol. The zero-order valence-corrected chi connectivity index (χ0v) is 17.7. The maximum atomic E-state index is 12.0. The number of hydrogen-bond acceptors (Lipinski definition) is 3. The maximum absolute atomic E-state index is 12.0. The number of nitrogens with one attached hydrogen (secondary N) is 2. The highest BCUT2D eigenvalue weighted by Gasteiger charge is 2.09. The van der Waals surface area contributed by atoms with Gasteiger partial charge in [0.15, 0.2) is 0 Å². The normalized spacial score (nSPS) is 11.2. The predicted molar refractivity (Wildman–Crippen MR) is 109 cm³/mol. The van der Waals surface area contributed by atoms with E-state index in [0.717, 1.165) is 36.8 Å². The molecular formula is C17H16Br3N3O. The van der Waals surface area contributed by atoms with Crippen LogP contribution in [0.1, 0.15) is 18.9 Å². The van der Waals surface area contributed by atoms with Crippen molar-refractivity contribution in [3.05, 3.63) is 61.4 Å². The van der Waals surface area contributed by atoms with Gasteiger partial charge >= 0.3 is 0 Å². The Morgan fingerprint density at radius 1 is 1.08 bits per heavy atom. The lowest BCUT2D eigenvalue weighted by Crippen LogP contribution is -2.27. The minimum absolute atomic E-state index is 0.119. The number of anilines is 1. The van der Waals surface area contributed by atoms with E-state index in [0.29, 0.717) is 0 Å². The molecule has 7 heteroatoms. The number of hydrazone groups is 1. The van der Waals surface area contributed by atoms with Crippen LogP contribution in [0.15, 0.2) is 61.0 Å². The van der Waals surface area contributed by atoms with Crippen LogP contribution < -0.4 is 10.7 Å². The number of nitrogens with zero attached hydrogens (tertiary/aromatic N) is 1. The lowest BCUT2D eigenvalue weighted by Gasteiger charge is -2.11. The van der Waals surface area contributed by atoms with Gasteiger partial charge in [-0.05, 0) is 56.0 Å². The smallest absolute Gasteiger partial charge is 0.259 e. The van der Waals surface area contributed by atoms with Gasteiger partial charge in [0.1, 0.15) is 0 Å². The van der Waals surface area contributed by atoms with Crippen LogP contribution in [-0.2, 0) is 4.79 Å². The fourth-order valence-corrected chi connectivity index (χ4v) is 4.57. The van der Waals surface area contributed by atoms with Gasteiger partial charge in [0, 0.05) is 13.4 Å². The van der Waals surface area contributed by atoms with Gasteiger partial charge in [-0.2, -0.15) is 5.10 Å². The first kappa shape index (κ1) is 19.1. The SMILES string of the molecule is CC/C(=N\NC(=O)CNc1c(Br)cc(Br)cc1Br)c1ccccc1. The van der Waals surface area contributed by atoms with Gasteiger partial charge < -0.3 is 5.32 Å². The highest BCUT2D eigenvalue weighted by molar-refractivity contribution is 9.11. The molecule has 4 nitrogen and oxygen atoms in total. The van der Waals surface area contributed by atoms with Crippen molar-refractivity contribution >= 4 is 65.1 Å².